The second kappa shape index (κ2) is 5.47. The Balaban J connectivity index is 2.74. The molecule has 6 nitrogen and oxygen atoms in total. The number of hydrogen-bond donors (Lipinski definition) is 1. The summed E-state index contributed by atoms with van der Waals surface area (Å²) in [6.45, 7) is 7.49. The number of rotatable bonds is 5. The van der Waals surface area contributed by atoms with Crippen LogP contribution in [0.25, 0.3) is 0 Å². The SMILES string of the molecule is C=CC1(C(=O)OCC)CC(C(=O)OCC)=NN1. The second-order valence-corrected chi connectivity index (χ2v) is 3.46. The Labute approximate surface area is 99.7 Å². The van der Waals surface area contributed by atoms with Gasteiger partial charge in [-0.15, -0.1) is 6.58 Å². The van der Waals surface area contributed by atoms with Crippen LogP contribution in [0.4, 0.5) is 0 Å². The molecule has 0 radical (unpaired) electrons. The van der Waals surface area contributed by atoms with Crippen LogP contribution in [0.2, 0.25) is 0 Å². The average molecular weight is 240 g/mol. The molecule has 0 saturated carbocycles. The Morgan fingerprint density at radius 2 is 2.12 bits per heavy atom. The van der Waals surface area contributed by atoms with Crippen molar-refractivity contribution in [3.05, 3.63) is 12.7 Å². The largest absolute Gasteiger partial charge is 0.464 e. The van der Waals surface area contributed by atoms with Crippen LogP contribution in [0.5, 0.6) is 0 Å². The van der Waals surface area contributed by atoms with Gasteiger partial charge in [-0.05, 0) is 13.8 Å². The fourth-order valence-electron chi connectivity index (χ4n) is 1.42. The quantitative estimate of drug-likeness (QED) is 0.555. The van der Waals surface area contributed by atoms with Crippen LogP contribution < -0.4 is 5.43 Å². The van der Waals surface area contributed by atoms with E-state index in [-0.39, 0.29) is 25.3 Å². The summed E-state index contributed by atoms with van der Waals surface area (Å²) in [5, 5.41) is 3.80. The van der Waals surface area contributed by atoms with Gasteiger partial charge in [-0.25, -0.2) is 9.59 Å². The van der Waals surface area contributed by atoms with Gasteiger partial charge in [-0.1, -0.05) is 6.08 Å². The molecule has 0 aromatic carbocycles. The fourth-order valence-corrected chi connectivity index (χ4v) is 1.42. The number of carbonyl (C=O) groups is 2. The van der Waals surface area contributed by atoms with Crippen LogP contribution in [-0.4, -0.2) is 36.4 Å². The molecule has 1 N–H and O–H groups in total. The van der Waals surface area contributed by atoms with E-state index in [1.54, 1.807) is 13.8 Å². The van der Waals surface area contributed by atoms with Crippen LogP contribution in [0.3, 0.4) is 0 Å². The average Bonchev–Trinajstić information content (AvgIpc) is 2.75. The van der Waals surface area contributed by atoms with Crippen molar-refractivity contribution in [1.82, 2.24) is 5.43 Å². The van der Waals surface area contributed by atoms with Gasteiger partial charge in [0, 0.05) is 6.42 Å². The summed E-state index contributed by atoms with van der Waals surface area (Å²) in [6, 6.07) is 0. The molecule has 1 atom stereocenters. The number of nitrogens with zero attached hydrogens (tertiary/aromatic N) is 1. The highest BCUT2D eigenvalue weighted by molar-refractivity contribution is 6.37. The third-order valence-electron chi connectivity index (χ3n) is 2.34. The van der Waals surface area contributed by atoms with Crippen molar-refractivity contribution in [3.8, 4) is 0 Å². The van der Waals surface area contributed by atoms with Gasteiger partial charge in [0.1, 0.15) is 5.71 Å². The van der Waals surface area contributed by atoms with Crippen molar-refractivity contribution in [2.75, 3.05) is 13.2 Å². The molecule has 0 aliphatic carbocycles. The topological polar surface area (TPSA) is 77.0 Å². The van der Waals surface area contributed by atoms with E-state index in [0.717, 1.165) is 0 Å². The summed E-state index contributed by atoms with van der Waals surface area (Å²) in [5.41, 5.74) is 1.60. The number of hydrazone groups is 1. The Kier molecular flexibility index (Phi) is 4.25. The molecule has 0 spiro atoms. The van der Waals surface area contributed by atoms with Crippen LogP contribution in [0, 0.1) is 0 Å². The van der Waals surface area contributed by atoms with Gasteiger partial charge in [-0.2, -0.15) is 5.10 Å². The Morgan fingerprint density at radius 3 is 2.65 bits per heavy atom. The normalized spacial score (nSPS) is 22.4. The molecule has 0 fully saturated rings. The summed E-state index contributed by atoms with van der Waals surface area (Å²) in [7, 11) is 0. The molecule has 94 valence electrons. The zero-order valence-electron chi connectivity index (χ0n) is 9.99. The lowest BCUT2D eigenvalue weighted by atomic mass is 9.95. The molecule has 1 heterocycles. The smallest absolute Gasteiger partial charge is 0.354 e. The fraction of sp³-hybridized carbons (Fsp3) is 0.545. The zero-order valence-corrected chi connectivity index (χ0v) is 9.99. The zero-order chi connectivity index (χ0) is 12.9. The van der Waals surface area contributed by atoms with E-state index in [0.29, 0.717) is 0 Å². The van der Waals surface area contributed by atoms with Gasteiger partial charge in [0.05, 0.1) is 13.2 Å². The van der Waals surface area contributed by atoms with Gasteiger partial charge in [0.2, 0.25) is 0 Å². The molecule has 1 unspecified atom stereocenters. The predicted octanol–water partition coefficient (Wildman–Crippen LogP) is 0.387. The molecule has 0 aromatic heterocycles. The van der Waals surface area contributed by atoms with Gasteiger partial charge in [-0.3, -0.25) is 5.43 Å². The predicted molar refractivity (Wildman–Crippen MR) is 61.4 cm³/mol. The highest BCUT2D eigenvalue weighted by Gasteiger charge is 2.44. The first-order valence-corrected chi connectivity index (χ1v) is 5.41. The number of hydrogen-bond acceptors (Lipinski definition) is 6. The first-order valence-electron chi connectivity index (χ1n) is 5.41. The molecule has 0 aromatic rings. The minimum Gasteiger partial charge on any atom is -0.464 e. The monoisotopic (exact) mass is 240 g/mol. The summed E-state index contributed by atoms with van der Waals surface area (Å²) in [6.07, 6.45) is 1.48. The van der Waals surface area contributed by atoms with E-state index in [9.17, 15) is 9.59 Å². The molecule has 0 saturated heterocycles. The van der Waals surface area contributed by atoms with E-state index in [1.807, 2.05) is 0 Å². The van der Waals surface area contributed by atoms with Crippen LogP contribution >= 0.6 is 0 Å². The number of esters is 2. The lowest BCUT2D eigenvalue weighted by Gasteiger charge is -2.21. The summed E-state index contributed by atoms with van der Waals surface area (Å²) < 4.78 is 9.72. The maximum absolute atomic E-state index is 11.7. The molecular formula is C11H16N2O4. The third-order valence-corrected chi connectivity index (χ3v) is 2.34. The van der Waals surface area contributed by atoms with E-state index in [4.69, 9.17) is 9.47 Å². The second-order valence-electron chi connectivity index (χ2n) is 3.46. The molecule has 1 rings (SSSR count). The van der Waals surface area contributed by atoms with Gasteiger partial charge < -0.3 is 9.47 Å². The maximum atomic E-state index is 11.7. The Morgan fingerprint density at radius 1 is 1.47 bits per heavy atom. The minimum atomic E-state index is -1.15. The molecule has 1 aliphatic heterocycles. The number of nitrogens with one attached hydrogen (secondary N) is 1. The lowest BCUT2D eigenvalue weighted by molar-refractivity contribution is -0.148. The third kappa shape index (κ3) is 2.64. The number of carbonyl (C=O) groups excluding carboxylic acids is 2. The van der Waals surface area contributed by atoms with E-state index >= 15 is 0 Å². The standard InChI is InChI=1S/C11H16N2O4/c1-4-11(10(15)17-6-3)7-8(12-13-11)9(14)16-5-2/h4,13H,1,5-7H2,2-3H3. The van der Waals surface area contributed by atoms with E-state index in [1.165, 1.54) is 6.08 Å². The Bertz CT molecular complexity index is 364. The van der Waals surface area contributed by atoms with Crippen molar-refractivity contribution in [3.63, 3.8) is 0 Å². The summed E-state index contributed by atoms with van der Waals surface area (Å²) >= 11 is 0. The Hall–Kier alpha value is -1.85. The molecule has 17 heavy (non-hydrogen) atoms. The van der Waals surface area contributed by atoms with Crippen LogP contribution in [0.1, 0.15) is 20.3 Å². The van der Waals surface area contributed by atoms with E-state index < -0.39 is 17.5 Å². The summed E-state index contributed by atoms with van der Waals surface area (Å²) in [4.78, 5) is 23.2. The lowest BCUT2D eigenvalue weighted by Crippen LogP contribution is -2.46. The number of ether oxygens (including phenoxy) is 2. The maximum Gasteiger partial charge on any atom is 0.354 e. The van der Waals surface area contributed by atoms with Gasteiger partial charge >= 0.3 is 11.9 Å². The highest BCUT2D eigenvalue weighted by Crippen LogP contribution is 2.21. The first-order chi connectivity index (χ1) is 8.09. The van der Waals surface area contributed by atoms with Crippen molar-refractivity contribution in [1.29, 1.82) is 0 Å². The summed E-state index contributed by atoms with van der Waals surface area (Å²) in [5.74, 6) is -1.04. The molecule has 0 amide bonds. The van der Waals surface area contributed by atoms with Crippen LogP contribution in [-0.2, 0) is 19.1 Å². The van der Waals surface area contributed by atoms with E-state index in [2.05, 4.69) is 17.1 Å². The van der Waals surface area contributed by atoms with Crippen molar-refractivity contribution in [2.45, 2.75) is 25.8 Å². The molecule has 6 heteroatoms. The molecule has 1 aliphatic rings. The van der Waals surface area contributed by atoms with Gasteiger partial charge in [0.25, 0.3) is 0 Å². The molecular weight excluding hydrogens is 224 g/mol. The first kappa shape index (κ1) is 13.2. The minimum absolute atomic E-state index is 0.0914. The van der Waals surface area contributed by atoms with Gasteiger partial charge in [0.15, 0.2) is 5.54 Å². The van der Waals surface area contributed by atoms with Crippen LogP contribution in [0.15, 0.2) is 17.8 Å². The molecule has 0 bridgehead atoms. The highest BCUT2D eigenvalue weighted by atomic mass is 16.5. The van der Waals surface area contributed by atoms with Crippen molar-refractivity contribution < 1.29 is 19.1 Å². The van der Waals surface area contributed by atoms with Crippen molar-refractivity contribution >= 4 is 17.7 Å². The van der Waals surface area contributed by atoms with Crippen molar-refractivity contribution in [2.24, 2.45) is 5.10 Å².